The van der Waals surface area contributed by atoms with Gasteiger partial charge in [0.15, 0.2) is 0 Å². The maximum atomic E-state index is 12.7. The number of nitrogens with zero attached hydrogens (tertiary/aromatic N) is 3. The van der Waals surface area contributed by atoms with Crippen LogP contribution in [0.2, 0.25) is 0 Å². The molecule has 1 aromatic rings. The van der Waals surface area contributed by atoms with E-state index in [1.54, 1.807) is 0 Å². The van der Waals surface area contributed by atoms with E-state index in [1.807, 2.05) is 11.0 Å². The summed E-state index contributed by atoms with van der Waals surface area (Å²) in [7, 11) is 2.11. The Morgan fingerprint density at radius 1 is 1.17 bits per heavy atom. The zero-order valence-corrected chi connectivity index (χ0v) is 14.5. The molecule has 0 bridgehead atoms. The van der Waals surface area contributed by atoms with Gasteiger partial charge in [-0.25, -0.2) is 0 Å². The molecule has 0 saturated carbocycles. The Hall–Kier alpha value is -1.69. The molecule has 130 valence electrons. The number of piperazine rings is 2. The van der Waals surface area contributed by atoms with Crippen LogP contribution in [0.3, 0.4) is 0 Å². The summed E-state index contributed by atoms with van der Waals surface area (Å²) >= 11 is 0. The molecule has 0 aromatic heterocycles. The smallest absolute Gasteiger partial charge is 0.241 e. The first-order chi connectivity index (χ1) is 11.7. The van der Waals surface area contributed by atoms with Crippen molar-refractivity contribution >= 4 is 12.0 Å². The summed E-state index contributed by atoms with van der Waals surface area (Å²) in [6.07, 6.45) is 4.34. The molecular weight excluding hydrogens is 300 g/mol. The van der Waals surface area contributed by atoms with E-state index in [1.165, 1.54) is 5.56 Å². The zero-order valence-electron chi connectivity index (χ0n) is 14.5. The summed E-state index contributed by atoms with van der Waals surface area (Å²) in [5.74, 6) is 0.264. The second-order valence-corrected chi connectivity index (χ2v) is 6.71. The summed E-state index contributed by atoms with van der Waals surface area (Å²) in [5, 5.41) is 3.39. The minimum absolute atomic E-state index is 0.0627. The van der Waals surface area contributed by atoms with Crippen LogP contribution in [-0.2, 0) is 4.79 Å². The molecule has 0 unspecified atom stereocenters. The molecule has 3 rings (SSSR count). The zero-order chi connectivity index (χ0) is 16.8. The average Bonchev–Trinajstić information content (AvgIpc) is 2.63. The molecule has 1 aromatic carbocycles. The molecule has 0 aliphatic carbocycles. The van der Waals surface area contributed by atoms with E-state index in [-0.39, 0.29) is 11.9 Å². The van der Waals surface area contributed by atoms with Gasteiger partial charge in [-0.3, -0.25) is 9.69 Å². The maximum Gasteiger partial charge on any atom is 0.241 e. The predicted molar refractivity (Wildman–Crippen MR) is 97.8 cm³/mol. The van der Waals surface area contributed by atoms with E-state index >= 15 is 0 Å². The topological polar surface area (TPSA) is 38.8 Å². The number of carbonyl (C=O) groups excluding carboxylic acids is 1. The summed E-state index contributed by atoms with van der Waals surface area (Å²) in [6.45, 7) is 7.20. The van der Waals surface area contributed by atoms with Crippen LogP contribution in [0.15, 0.2) is 36.4 Å². The molecule has 24 heavy (non-hydrogen) atoms. The first-order valence-electron chi connectivity index (χ1n) is 8.87. The number of amides is 1. The average molecular weight is 328 g/mol. The van der Waals surface area contributed by atoms with Gasteiger partial charge in [0, 0.05) is 52.4 Å². The molecule has 5 heteroatoms. The normalized spacial score (nSPS) is 23.7. The van der Waals surface area contributed by atoms with Gasteiger partial charge in [0.1, 0.15) is 0 Å². The molecule has 0 spiro atoms. The first kappa shape index (κ1) is 17.1. The van der Waals surface area contributed by atoms with E-state index in [0.29, 0.717) is 0 Å². The molecular formula is C19H28N4O. The minimum atomic E-state index is -0.0627. The molecule has 2 fully saturated rings. The fraction of sp³-hybridized carbons (Fsp3) is 0.526. The van der Waals surface area contributed by atoms with Crippen LogP contribution in [-0.4, -0.2) is 86.1 Å². The third-order valence-electron chi connectivity index (χ3n) is 4.85. The van der Waals surface area contributed by atoms with Gasteiger partial charge in [0.25, 0.3) is 0 Å². The van der Waals surface area contributed by atoms with Crippen molar-refractivity contribution in [2.75, 3.05) is 59.4 Å². The predicted octanol–water partition coefficient (Wildman–Crippen LogP) is 0.748. The van der Waals surface area contributed by atoms with E-state index < -0.39 is 0 Å². The van der Waals surface area contributed by atoms with Crippen LogP contribution in [0.5, 0.6) is 0 Å². The van der Waals surface area contributed by atoms with Gasteiger partial charge in [-0.1, -0.05) is 42.5 Å². The maximum absolute atomic E-state index is 12.7. The fourth-order valence-electron chi connectivity index (χ4n) is 3.29. The van der Waals surface area contributed by atoms with E-state index in [9.17, 15) is 4.79 Å². The van der Waals surface area contributed by atoms with Crippen molar-refractivity contribution < 1.29 is 4.79 Å². The largest absolute Gasteiger partial charge is 0.339 e. The number of rotatable bonds is 4. The van der Waals surface area contributed by atoms with Gasteiger partial charge in [0.2, 0.25) is 5.91 Å². The van der Waals surface area contributed by atoms with Crippen molar-refractivity contribution in [2.24, 2.45) is 0 Å². The highest BCUT2D eigenvalue weighted by Crippen LogP contribution is 2.07. The SMILES string of the molecule is CN1CCN(C(=O)[C@H]2CN(C/C=C/c3ccccc3)CCN2)CC1. The number of likely N-dealkylation sites (N-methyl/N-ethyl adjacent to an activating group) is 1. The molecule has 2 saturated heterocycles. The Morgan fingerprint density at radius 3 is 2.67 bits per heavy atom. The van der Waals surface area contributed by atoms with Crippen LogP contribution < -0.4 is 5.32 Å². The van der Waals surface area contributed by atoms with Crippen LogP contribution >= 0.6 is 0 Å². The standard InChI is InChI=1S/C19H28N4O/c1-21-12-14-23(15-13-21)19(24)18-16-22(11-9-20-18)10-5-8-17-6-3-2-4-7-17/h2-8,18,20H,9-16H2,1H3/b8-5+/t18-/m1/s1. The van der Waals surface area contributed by atoms with E-state index in [2.05, 4.69) is 58.6 Å². The van der Waals surface area contributed by atoms with Gasteiger partial charge >= 0.3 is 0 Å². The van der Waals surface area contributed by atoms with Gasteiger partial charge < -0.3 is 15.1 Å². The highest BCUT2D eigenvalue weighted by molar-refractivity contribution is 5.82. The Kier molecular flexibility index (Phi) is 6.01. The first-order valence-corrected chi connectivity index (χ1v) is 8.87. The summed E-state index contributed by atoms with van der Waals surface area (Å²) in [5.41, 5.74) is 1.22. The lowest BCUT2D eigenvalue weighted by Gasteiger charge is -2.38. The number of carbonyl (C=O) groups is 1. The van der Waals surface area contributed by atoms with Crippen molar-refractivity contribution in [3.8, 4) is 0 Å². The van der Waals surface area contributed by atoms with Gasteiger partial charge in [-0.05, 0) is 12.6 Å². The molecule has 2 aliphatic rings. The summed E-state index contributed by atoms with van der Waals surface area (Å²) < 4.78 is 0. The number of benzene rings is 1. The lowest BCUT2D eigenvalue weighted by molar-refractivity contribution is -0.136. The number of nitrogens with one attached hydrogen (secondary N) is 1. The molecule has 0 radical (unpaired) electrons. The monoisotopic (exact) mass is 328 g/mol. The van der Waals surface area contributed by atoms with Gasteiger partial charge in [0.05, 0.1) is 6.04 Å². The lowest BCUT2D eigenvalue weighted by atomic mass is 10.1. The van der Waals surface area contributed by atoms with Crippen molar-refractivity contribution in [2.45, 2.75) is 6.04 Å². The van der Waals surface area contributed by atoms with Crippen LogP contribution in [0.25, 0.3) is 6.08 Å². The fourth-order valence-corrected chi connectivity index (χ4v) is 3.29. The Morgan fingerprint density at radius 2 is 1.92 bits per heavy atom. The highest BCUT2D eigenvalue weighted by atomic mass is 16.2. The third-order valence-corrected chi connectivity index (χ3v) is 4.85. The van der Waals surface area contributed by atoms with Gasteiger partial charge in [-0.15, -0.1) is 0 Å². The van der Waals surface area contributed by atoms with E-state index in [4.69, 9.17) is 0 Å². The minimum Gasteiger partial charge on any atom is -0.339 e. The second-order valence-electron chi connectivity index (χ2n) is 6.71. The molecule has 2 heterocycles. The van der Waals surface area contributed by atoms with Gasteiger partial charge in [-0.2, -0.15) is 0 Å². The molecule has 2 aliphatic heterocycles. The molecule has 1 amide bonds. The second kappa shape index (κ2) is 8.42. The quantitative estimate of drug-likeness (QED) is 0.885. The van der Waals surface area contributed by atoms with Crippen LogP contribution in [0.4, 0.5) is 0 Å². The van der Waals surface area contributed by atoms with Crippen molar-refractivity contribution in [1.82, 2.24) is 20.0 Å². The van der Waals surface area contributed by atoms with Crippen LogP contribution in [0, 0.1) is 0 Å². The van der Waals surface area contributed by atoms with E-state index in [0.717, 1.165) is 52.4 Å². The molecule has 1 atom stereocenters. The number of hydrogen-bond acceptors (Lipinski definition) is 4. The Balaban J connectivity index is 1.49. The molecule has 1 N–H and O–H groups in total. The van der Waals surface area contributed by atoms with Crippen LogP contribution in [0.1, 0.15) is 5.56 Å². The number of hydrogen-bond donors (Lipinski definition) is 1. The highest BCUT2D eigenvalue weighted by Gasteiger charge is 2.29. The van der Waals surface area contributed by atoms with Crippen molar-refractivity contribution in [3.05, 3.63) is 42.0 Å². The Bertz CT molecular complexity index is 552. The summed E-state index contributed by atoms with van der Waals surface area (Å²) in [6, 6.07) is 10.3. The third kappa shape index (κ3) is 4.66. The summed E-state index contributed by atoms with van der Waals surface area (Å²) in [4.78, 5) is 19.3. The van der Waals surface area contributed by atoms with Crippen molar-refractivity contribution in [3.63, 3.8) is 0 Å². The lowest BCUT2D eigenvalue weighted by Crippen LogP contribution is -2.60. The molecule has 5 nitrogen and oxygen atoms in total. The Labute approximate surface area is 144 Å². The van der Waals surface area contributed by atoms with Crippen molar-refractivity contribution in [1.29, 1.82) is 0 Å².